The molecule has 1 fully saturated rings. The number of carbonyl (C=O) groups is 1. The molecule has 2 aromatic heterocycles. The van der Waals surface area contributed by atoms with E-state index in [1.807, 2.05) is 36.0 Å². The Balaban J connectivity index is 1.38. The number of anilines is 2. The fraction of sp³-hybridized carbons (Fsp3) is 0.455. The van der Waals surface area contributed by atoms with Crippen LogP contribution in [0.1, 0.15) is 59.1 Å². The number of nitrogens with zero attached hydrogens (tertiary/aromatic N) is 3. The van der Waals surface area contributed by atoms with E-state index < -0.39 is 7.05 Å². The summed E-state index contributed by atoms with van der Waals surface area (Å²) in [5, 5.41) is 18.8. The molecule has 0 bridgehead atoms. The third-order valence-corrected chi connectivity index (χ3v) is 7.56. The van der Waals surface area contributed by atoms with Gasteiger partial charge in [-0.2, -0.15) is 5.10 Å². The van der Waals surface area contributed by atoms with Crippen molar-refractivity contribution in [3.05, 3.63) is 40.4 Å². The largest absolute Gasteiger partial charge is 0.432 e. The number of thiophene rings is 1. The van der Waals surface area contributed by atoms with Crippen LogP contribution in [0.2, 0.25) is 6.82 Å². The number of benzene rings is 1. The lowest BCUT2D eigenvalue weighted by Gasteiger charge is -2.22. The number of hydrogen-bond donors (Lipinski definition) is 2. The van der Waals surface area contributed by atoms with Crippen LogP contribution in [0.4, 0.5) is 11.4 Å². The Morgan fingerprint density at radius 2 is 2.07 bits per heavy atom. The lowest BCUT2D eigenvalue weighted by Crippen LogP contribution is -2.35. The van der Waals surface area contributed by atoms with Crippen LogP contribution < -0.4 is 10.1 Å². The van der Waals surface area contributed by atoms with Crippen molar-refractivity contribution in [1.29, 1.82) is 0 Å². The number of fused-ring (bicyclic) bond motifs is 2. The van der Waals surface area contributed by atoms with Crippen molar-refractivity contribution in [2.75, 3.05) is 16.7 Å². The molecule has 3 aromatic rings. The molecule has 0 saturated heterocycles. The molecular formula is C22H27BN4O2S. The number of aryl methyl sites for hydroxylation is 1. The van der Waals surface area contributed by atoms with Gasteiger partial charge in [0, 0.05) is 23.3 Å². The normalized spacial score (nSPS) is 16.8. The lowest BCUT2D eigenvalue weighted by atomic mass is 9.85. The van der Waals surface area contributed by atoms with Crippen molar-refractivity contribution in [1.82, 2.24) is 9.78 Å². The van der Waals surface area contributed by atoms with Crippen molar-refractivity contribution in [3.8, 4) is 0 Å². The third-order valence-electron chi connectivity index (χ3n) is 6.43. The molecule has 8 heteroatoms. The molecule has 2 aliphatic rings. The molecule has 0 radical (unpaired) electrons. The fourth-order valence-electron chi connectivity index (χ4n) is 4.84. The van der Waals surface area contributed by atoms with E-state index in [4.69, 9.17) is 5.10 Å². The summed E-state index contributed by atoms with van der Waals surface area (Å²) in [5.74, 6) is -0.0730. The highest BCUT2D eigenvalue weighted by atomic mass is 32.1. The van der Waals surface area contributed by atoms with Crippen LogP contribution >= 0.6 is 11.3 Å². The van der Waals surface area contributed by atoms with Gasteiger partial charge in [-0.25, -0.2) is 0 Å². The third kappa shape index (κ3) is 3.42. The van der Waals surface area contributed by atoms with Gasteiger partial charge < -0.3 is 15.2 Å². The van der Waals surface area contributed by atoms with Gasteiger partial charge in [0.05, 0.1) is 16.6 Å². The van der Waals surface area contributed by atoms with Gasteiger partial charge in [-0.05, 0) is 62.8 Å². The van der Waals surface area contributed by atoms with Crippen molar-refractivity contribution < 1.29 is 9.82 Å². The Labute approximate surface area is 181 Å². The van der Waals surface area contributed by atoms with Crippen LogP contribution in [-0.4, -0.2) is 34.3 Å². The van der Waals surface area contributed by atoms with Crippen LogP contribution in [0.5, 0.6) is 0 Å². The standard InChI is InChI=1S/C22H27BN4O2S/c1-14-18-13-20(30-22(18)27(25-14)17-6-4-3-5-7-17)21(28)24-16-8-9-19-15(12-16)10-11-26(19)23(2)29/h8-9,12-13,17,29H,3-7,10-11H2,1-2H3,(H,24,28). The van der Waals surface area contributed by atoms with Crippen LogP contribution in [0.3, 0.4) is 0 Å². The SMILES string of the molecule is CB(O)N1CCc2cc(NC(=O)c3cc4c(C)nn(C5CCCCC5)c4s3)ccc21. The Morgan fingerprint density at radius 1 is 1.27 bits per heavy atom. The van der Waals surface area contributed by atoms with Crippen LogP contribution in [0, 0.1) is 6.92 Å². The Bertz CT molecular complexity index is 1100. The molecule has 0 atom stereocenters. The second-order valence-corrected chi connectivity index (χ2v) is 9.55. The van der Waals surface area contributed by atoms with Crippen molar-refractivity contribution in [2.24, 2.45) is 0 Å². The molecule has 3 heterocycles. The molecule has 1 saturated carbocycles. The van der Waals surface area contributed by atoms with Crippen molar-refractivity contribution in [2.45, 2.75) is 58.3 Å². The maximum absolute atomic E-state index is 13.0. The summed E-state index contributed by atoms with van der Waals surface area (Å²) in [6, 6.07) is 8.37. The van der Waals surface area contributed by atoms with Crippen LogP contribution in [0.25, 0.3) is 10.2 Å². The van der Waals surface area contributed by atoms with Crippen LogP contribution in [0.15, 0.2) is 24.3 Å². The van der Waals surface area contributed by atoms with E-state index >= 15 is 0 Å². The highest BCUT2D eigenvalue weighted by Gasteiger charge is 2.26. The highest BCUT2D eigenvalue weighted by Crippen LogP contribution is 2.36. The zero-order chi connectivity index (χ0) is 20.8. The molecule has 1 aromatic carbocycles. The first-order valence-electron chi connectivity index (χ1n) is 10.9. The van der Waals surface area contributed by atoms with E-state index in [2.05, 4.69) is 10.00 Å². The van der Waals surface area contributed by atoms with E-state index in [9.17, 15) is 9.82 Å². The number of aromatic nitrogens is 2. The summed E-state index contributed by atoms with van der Waals surface area (Å²) >= 11 is 1.54. The monoisotopic (exact) mass is 422 g/mol. The molecule has 0 spiro atoms. The summed E-state index contributed by atoms with van der Waals surface area (Å²) < 4.78 is 2.17. The number of hydrogen-bond acceptors (Lipinski definition) is 5. The highest BCUT2D eigenvalue weighted by molar-refractivity contribution is 7.20. The van der Waals surface area contributed by atoms with Crippen molar-refractivity contribution in [3.63, 3.8) is 0 Å². The van der Waals surface area contributed by atoms with Crippen LogP contribution in [-0.2, 0) is 6.42 Å². The van der Waals surface area contributed by atoms with E-state index in [-0.39, 0.29) is 5.91 Å². The topological polar surface area (TPSA) is 70.4 Å². The van der Waals surface area contributed by atoms with Crippen molar-refractivity contribution >= 4 is 45.9 Å². The second kappa shape index (κ2) is 7.74. The average molecular weight is 422 g/mol. The van der Waals surface area contributed by atoms with E-state index in [0.717, 1.165) is 50.7 Å². The average Bonchev–Trinajstić information content (AvgIpc) is 3.43. The first-order valence-corrected chi connectivity index (χ1v) is 11.7. The Morgan fingerprint density at radius 3 is 2.83 bits per heavy atom. The first-order chi connectivity index (χ1) is 14.5. The molecule has 0 unspecified atom stereocenters. The number of nitrogens with one attached hydrogen (secondary N) is 1. The molecule has 1 aliphatic heterocycles. The summed E-state index contributed by atoms with van der Waals surface area (Å²) in [7, 11) is -0.503. The number of amides is 1. The maximum Gasteiger partial charge on any atom is 0.409 e. The van der Waals surface area contributed by atoms with Gasteiger partial charge in [0.1, 0.15) is 4.83 Å². The minimum atomic E-state index is -0.503. The second-order valence-electron chi connectivity index (χ2n) is 8.52. The van der Waals surface area contributed by atoms with Gasteiger partial charge in [-0.1, -0.05) is 19.3 Å². The van der Waals surface area contributed by atoms with Gasteiger partial charge >= 0.3 is 7.05 Å². The number of rotatable bonds is 4. The van der Waals surface area contributed by atoms with E-state index in [1.54, 1.807) is 18.2 Å². The molecule has 1 aliphatic carbocycles. The Hall–Kier alpha value is -2.32. The Kier molecular flexibility index (Phi) is 5.07. The summed E-state index contributed by atoms with van der Waals surface area (Å²) in [6.45, 7) is 4.62. The predicted octanol–water partition coefficient (Wildman–Crippen LogP) is 4.64. The molecular weight excluding hydrogens is 395 g/mol. The van der Waals surface area contributed by atoms with E-state index in [1.165, 1.54) is 32.1 Å². The molecule has 2 N–H and O–H groups in total. The molecule has 1 amide bonds. The quantitative estimate of drug-likeness (QED) is 0.602. The van der Waals surface area contributed by atoms with E-state index in [0.29, 0.717) is 6.04 Å². The zero-order valence-electron chi connectivity index (χ0n) is 17.5. The minimum absolute atomic E-state index is 0.0730. The summed E-state index contributed by atoms with van der Waals surface area (Å²) in [4.78, 5) is 16.8. The number of carbonyl (C=O) groups excluding carboxylic acids is 1. The molecule has 5 rings (SSSR count). The lowest BCUT2D eigenvalue weighted by molar-refractivity contribution is 0.103. The summed E-state index contributed by atoms with van der Waals surface area (Å²) in [6.07, 6.45) is 7.06. The van der Waals surface area contributed by atoms with Gasteiger partial charge in [0.25, 0.3) is 5.91 Å². The van der Waals surface area contributed by atoms with Gasteiger partial charge in [-0.15, -0.1) is 11.3 Å². The molecule has 6 nitrogen and oxygen atoms in total. The smallest absolute Gasteiger partial charge is 0.409 e. The fourth-order valence-corrected chi connectivity index (χ4v) is 5.97. The molecule has 156 valence electrons. The van der Waals surface area contributed by atoms with Gasteiger partial charge in [-0.3, -0.25) is 9.48 Å². The summed E-state index contributed by atoms with van der Waals surface area (Å²) in [5.41, 5.74) is 4.01. The van der Waals surface area contributed by atoms with Gasteiger partial charge in [0.15, 0.2) is 0 Å². The minimum Gasteiger partial charge on any atom is -0.432 e. The molecule has 30 heavy (non-hydrogen) atoms. The van der Waals surface area contributed by atoms with Gasteiger partial charge in [0.2, 0.25) is 0 Å². The first kappa shape index (κ1) is 19.6. The predicted molar refractivity (Wildman–Crippen MR) is 124 cm³/mol. The zero-order valence-corrected chi connectivity index (χ0v) is 18.3. The maximum atomic E-state index is 13.0.